The van der Waals surface area contributed by atoms with Crippen molar-refractivity contribution in [1.29, 1.82) is 0 Å². The first-order valence-electron chi connectivity index (χ1n) is 9.17. The summed E-state index contributed by atoms with van der Waals surface area (Å²) in [7, 11) is 4.62. The fraction of sp³-hybridized carbons (Fsp3) is 0.381. The highest BCUT2D eigenvalue weighted by atomic mass is 35.5. The summed E-state index contributed by atoms with van der Waals surface area (Å²) in [6.07, 6.45) is 1.75. The average molecular weight is 405 g/mol. The molecule has 0 spiro atoms. The number of carbonyl (C=O) groups excluding carboxylic acids is 1. The Labute approximate surface area is 170 Å². The molecule has 0 aliphatic carbocycles. The van der Waals surface area contributed by atoms with Crippen molar-refractivity contribution in [3.8, 4) is 17.2 Å². The zero-order valence-electron chi connectivity index (χ0n) is 16.3. The summed E-state index contributed by atoms with van der Waals surface area (Å²) < 4.78 is 16.0. The van der Waals surface area contributed by atoms with Gasteiger partial charge in [-0.05, 0) is 49.2 Å². The van der Waals surface area contributed by atoms with E-state index in [1.54, 1.807) is 33.5 Å². The van der Waals surface area contributed by atoms with Gasteiger partial charge in [0.1, 0.15) is 0 Å². The molecule has 1 aliphatic heterocycles. The fourth-order valence-electron chi connectivity index (χ4n) is 3.40. The maximum Gasteiger partial charge on any atom is 0.254 e. The molecule has 0 aromatic heterocycles. The molecule has 28 heavy (non-hydrogen) atoms. The van der Waals surface area contributed by atoms with Crippen molar-refractivity contribution in [2.24, 2.45) is 0 Å². The molecular weight excluding hydrogens is 380 g/mol. The number of hydrogen-bond donors (Lipinski definition) is 1. The predicted octanol–water partition coefficient (Wildman–Crippen LogP) is 4.08. The Morgan fingerprint density at radius 1 is 1.00 bits per heavy atom. The lowest BCUT2D eigenvalue weighted by Crippen LogP contribution is -2.42. The minimum absolute atomic E-state index is 0.0378. The van der Waals surface area contributed by atoms with Gasteiger partial charge in [0.2, 0.25) is 5.75 Å². The van der Waals surface area contributed by atoms with Crippen LogP contribution < -0.4 is 19.5 Å². The van der Waals surface area contributed by atoms with Crippen LogP contribution in [0.4, 0.5) is 5.69 Å². The van der Waals surface area contributed by atoms with E-state index in [0.717, 1.165) is 23.6 Å². The SMILES string of the molecule is COc1cc(C(=O)N2CCC(Nc3ccc(Cl)cc3)CC2)cc(OC)c1OC. The Morgan fingerprint density at radius 2 is 1.57 bits per heavy atom. The lowest BCUT2D eigenvalue weighted by Gasteiger charge is -2.33. The summed E-state index contributed by atoms with van der Waals surface area (Å²) in [6.45, 7) is 1.36. The fourth-order valence-corrected chi connectivity index (χ4v) is 3.52. The Kier molecular flexibility index (Phi) is 6.52. The van der Waals surface area contributed by atoms with Gasteiger partial charge in [0, 0.05) is 35.4 Å². The molecule has 2 aromatic rings. The van der Waals surface area contributed by atoms with Crippen molar-refractivity contribution in [3.63, 3.8) is 0 Å². The molecule has 2 aromatic carbocycles. The molecule has 3 rings (SSSR count). The van der Waals surface area contributed by atoms with Crippen LogP contribution in [-0.2, 0) is 0 Å². The van der Waals surface area contributed by atoms with Crippen molar-refractivity contribution < 1.29 is 19.0 Å². The molecule has 1 heterocycles. The summed E-state index contributed by atoms with van der Waals surface area (Å²) in [5.74, 6) is 1.39. The van der Waals surface area contributed by atoms with Crippen molar-refractivity contribution >= 4 is 23.2 Å². The van der Waals surface area contributed by atoms with E-state index in [2.05, 4.69) is 5.32 Å². The normalized spacial score (nSPS) is 14.5. The van der Waals surface area contributed by atoms with Crippen LogP contribution in [0.25, 0.3) is 0 Å². The molecule has 150 valence electrons. The summed E-state index contributed by atoms with van der Waals surface area (Å²) >= 11 is 5.93. The summed E-state index contributed by atoms with van der Waals surface area (Å²) in [6, 6.07) is 11.4. The maximum absolute atomic E-state index is 13.0. The number of benzene rings is 2. The highest BCUT2D eigenvalue weighted by Gasteiger charge is 2.25. The molecule has 0 bridgehead atoms. The highest BCUT2D eigenvalue weighted by Crippen LogP contribution is 2.38. The van der Waals surface area contributed by atoms with Crippen molar-refractivity contribution in [2.75, 3.05) is 39.7 Å². The van der Waals surface area contributed by atoms with Crippen LogP contribution in [0.1, 0.15) is 23.2 Å². The Morgan fingerprint density at radius 3 is 2.07 bits per heavy atom. The number of carbonyl (C=O) groups is 1. The van der Waals surface area contributed by atoms with Gasteiger partial charge < -0.3 is 24.4 Å². The molecule has 0 radical (unpaired) electrons. The lowest BCUT2D eigenvalue weighted by molar-refractivity contribution is 0.0717. The van der Waals surface area contributed by atoms with Gasteiger partial charge in [-0.2, -0.15) is 0 Å². The van der Waals surface area contributed by atoms with E-state index in [-0.39, 0.29) is 5.91 Å². The largest absolute Gasteiger partial charge is 0.493 e. The van der Waals surface area contributed by atoms with Gasteiger partial charge in [0.25, 0.3) is 5.91 Å². The second-order valence-corrected chi connectivity index (χ2v) is 7.07. The van der Waals surface area contributed by atoms with E-state index in [9.17, 15) is 4.79 Å². The minimum atomic E-state index is -0.0378. The number of hydrogen-bond acceptors (Lipinski definition) is 5. The highest BCUT2D eigenvalue weighted by molar-refractivity contribution is 6.30. The van der Waals surface area contributed by atoms with Gasteiger partial charge in [0.05, 0.1) is 21.3 Å². The Bertz CT molecular complexity index is 793. The number of rotatable bonds is 6. The number of ether oxygens (including phenoxy) is 3. The molecule has 1 N–H and O–H groups in total. The molecule has 0 unspecified atom stereocenters. The predicted molar refractivity (Wildman–Crippen MR) is 110 cm³/mol. The molecule has 6 nitrogen and oxygen atoms in total. The zero-order valence-corrected chi connectivity index (χ0v) is 17.1. The van der Waals surface area contributed by atoms with Gasteiger partial charge in [-0.25, -0.2) is 0 Å². The van der Waals surface area contributed by atoms with Crippen molar-refractivity contribution in [2.45, 2.75) is 18.9 Å². The number of likely N-dealkylation sites (tertiary alicyclic amines) is 1. The summed E-state index contributed by atoms with van der Waals surface area (Å²) in [5, 5.41) is 4.22. The van der Waals surface area contributed by atoms with Gasteiger partial charge in [-0.1, -0.05) is 11.6 Å². The van der Waals surface area contributed by atoms with Crippen LogP contribution in [0.3, 0.4) is 0 Å². The summed E-state index contributed by atoms with van der Waals surface area (Å²) in [5.41, 5.74) is 1.57. The van der Waals surface area contributed by atoms with E-state index in [1.807, 2.05) is 29.2 Å². The summed E-state index contributed by atoms with van der Waals surface area (Å²) in [4.78, 5) is 14.8. The number of methoxy groups -OCH3 is 3. The average Bonchev–Trinajstić information content (AvgIpc) is 2.74. The standard InChI is InChI=1S/C21H25ClN2O4/c1-26-18-12-14(13-19(27-2)20(18)28-3)21(25)24-10-8-17(9-11-24)23-16-6-4-15(22)5-7-16/h4-7,12-13,17,23H,8-11H2,1-3H3. The first-order valence-corrected chi connectivity index (χ1v) is 9.55. The first kappa shape index (κ1) is 20.1. The van der Waals surface area contributed by atoms with Gasteiger partial charge >= 0.3 is 0 Å². The van der Waals surface area contributed by atoms with Crippen LogP contribution in [0, 0.1) is 0 Å². The van der Waals surface area contributed by atoms with E-state index in [4.69, 9.17) is 25.8 Å². The smallest absolute Gasteiger partial charge is 0.254 e. The third-order valence-corrected chi connectivity index (χ3v) is 5.16. The molecule has 1 saturated heterocycles. The molecular formula is C21H25ClN2O4. The quantitative estimate of drug-likeness (QED) is 0.786. The van der Waals surface area contributed by atoms with Crippen molar-refractivity contribution in [3.05, 3.63) is 47.0 Å². The molecule has 0 atom stereocenters. The molecule has 1 amide bonds. The Hall–Kier alpha value is -2.60. The van der Waals surface area contributed by atoms with Crippen LogP contribution >= 0.6 is 11.6 Å². The number of amides is 1. The maximum atomic E-state index is 13.0. The van der Waals surface area contributed by atoms with E-state index in [1.165, 1.54) is 0 Å². The number of nitrogens with zero attached hydrogens (tertiary/aromatic N) is 1. The lowest BCUT2D eigenvalue weighted by atomic mass is 10.0. The number of nitrogens with one attached hydrogen (secondary N) is 1. The third kappa shape index (κ3) is 4.44. The zero-order chi connectivity index (χ0) is 20.1. The Balaban J connectivity index is 1.65. The minimum Gasteiger partial charge on any atom is -0.493 e. The van der Waals surface area contributed by atoms with Gasteiger partial charge in [-0.3, -0.25) is 4.79 Å². The first-order chi connectivity index (χ1) is 13.5. The second kappa shape index (κ2) is 9.06. The van der Waals surface area contributed by atoms with Gasteiger partial charge in [-0.15, -0.1) is 0 Å². The number of halogens is 1. The second-order valence-electron chi connectivity index (χ2n) is 6.63. The number of anilines is 1. The molecule has 1 aliphatic rings. The van der Waals surface area contributed by atoms with E-state index in [0.29, 0.717) is 41.9 Å². The van der Waals surface area contributed by atoms with E-state index >= 15 is 0 Å². The molecule has 0 saturated carbocycles. The van der Waals surface area contributed by atoms with Crippen LogP contribution in [0.15, 0.2) is 36.4 Å². The third-order valence-electron chi connectivity index (χ3n) is 4.91. The monoisotopic (exact) mass is 404 g/mol. The van der Waals surface area contributed by atoms with Crippen LogP contribution in [-0.4, -0.2) is 51.3 Å². The number of piperidine rings is 1. The van der Waals surface area contributed by atoms with Gasteiger partial charge in [0.15, 0.2) is 11.5 Å². The molecule has 1 fully saturated rings. The van der Waals surface area contributed by atoms with Crippen LogP contribution in [0.5, 0.6) is 17.2 Å². The topological polar surface area (TPSA) is 60.0 Å². The van der Waals surface area contributed by atoms with Crippen LogP contribution in [0.2, 0.25) is 5.02 Å². The van der Waals surface area contributed by atoms with Crippen molar-refractivity contribution in [1.82, 2.24) is 4.90 Å². The molecule has 7 heteroatoms. The van der Waals surface area contributed by atoms with E-state index < -0.39 is 0 Å².